The van der Waals surface area contributed by atoms with Crippen molar-refractivity contribution in [2.24, 2.45) is 0 Å². The first-order valence-corrected chi connectivity index (χ1v) is 4.53. The number of nitrogens with zero attached hydrogens (tertiary/aromatic N) is 3. The lowest BCUT2D eigenvalue weighted by atomic mass is 10.2. The van der Waals surface area contributed by atoms with Gasteiger partial charge in [0, 0.05) is 19.5 Å². The first kappa shape index (κ1) is 9.64. The van der Waals surface area contributed by atoms with Crippen LogP contribution in [0, 0.1) is 0 Å². The van der Waals surface area contributed by atoms with Gasteiger partial charge in [-0.05, 0) is 12.1 Å². The fourth-order valence-electron chi connectivity index (χ4n) is 1.44. The number of fused-ring (bicyclic) bond motifs is 1. The summed E-state index contributed by atoms with van der Waals surface area (Å²) in [5.74, 6) is 0.679. The zero-order valence-electron chi connectivity index (χ0n) is 8.53. The molecule has 0 spiro atoms. The molecule has 0 fully saturated rings. The highest BCUT2D eigenvalue weighted by molar-refractivity contribution is 5.90. The zero-order valence-corrected chi connectivity index (χ0v) is 8.53. The minimum Gasteiger partial charge on any atom is -0.362 e. The molecular weight excluding hydrogens is 195 g/mol. The Labute approximate surface area is 86.7 Å². The molecule has 2 rings (SSSR count). The van der Waals surface area contributed by atoms with Crippen molar-refractivity contribution in [1.29, 1.82) is 0 Å². The summed E-state index contributed by atoms with van der Waals surface area (Å²) < 4.78 is 12.3. The normalized spacial score (nSPS) is 10.3. The molecule has 15 heavy (non-hydrogen) atoms. The molecule has 0 amide bonds. The highest BCUT2D eigenvalue weighted by Crippen LogP contribution is 2.23. The number of benzene rings is 1. The summed E-state index contributed by atoms with van der Waals surface area (Å²) in [5, 5.41) is 0.904. The Balaban J connectivity index is 2.74. The molecule has 5 heteroatoms. The third kappa shape index (κ3) is 1.68. The number of halogens is 1. The Kier molecular flexibility index (Phi) is 2.37. The maximum atomic E-state index is 12.3. The fourth-order valence-corrected chi connectivity index (χ4v) is 1.44. The topological polar surface area (TPSA) is 41.1 Å². The van der Waals surface area contributed by atoms with Gasteiger partial charge >= 0.3 is 0 Å². The van der Waals surface area contributed by atoms with Gasteiger partial charge in [0.05, 0.1) is 5.52 Å². The fraction of sp³-hybridized carbons (Fsp3) is 0.200. The van der Waals surface area contributed by atoms with Gasteiger partial charge in [-0.25, -0.2) is 4.98 Å². The molecule has 0 atom stereocenters. The molecule has 0 saturated heterocycles. The van der Waals surface area contributed by atoms with Gasteiger partial charge in [-0.1, -0.05) is 12.1 Å². The molecule has 0 aliphatic rings. The van der Waals surface area contributed by atoms with Gasteiger partial charge < -0.3 is 4.90 Å². The van der Waals surface area contributed by atoms with Crippen LogP contribution >= 0.6 is 0 Å². The molecule has 78 valence electrons. The van der Waals surface area contributed by atoms with Crippen LogP contribution < -0.4 is 10.4 Å². The Morgan fingerprint density at radius 3 is 2.60 bits per heavy atom. The summed E-state index contributed by atoms with van der Waals surface area (Å²) >= 11 is 0. The molecule has 0 aliphatic carbocycles. The third-order valence-electron chi connectivity index (χ3n) is 2.09. The number of aromatic nitrogens is 2. The zero-order chi connectivity index (χ0) is 10.8. The molecule has 1 aromatic carbocycles. The van der Waals surface area contributed by atoms with E-state index in [1.165, 1.54) is 5.54 Å². The van der Waals surface area contributed by atoms with Crippen LogP contribution in [0.2, 0.25) is 0 Å². The Hall–Kier alpha value is -1.91. The predicted molar refractivity (Wildman–Crippen MR) is 58.6 cm³/mol. The Bertz CT molecular complexity index is 484. The monoisotopic (exact) mass is 206 g/mol. The van der Waals surface area contributed by atoms with Crippen molar-refractivity contribution in [2.75, 3.05) is 24.5 Å². The van der Waals surface area contributed by atoms with Crippen molar-refractivity contribution in [3.63, 3.8) is 0 Å². The van der Waals surface area contributed by atoms with Crippen molar-refractivity contribution in [3.05, 3.63) is 24.3 Å². The van der Waals surface area contributed by atoms with Crippen molar-refractivity contribution >= 4 is 22.7 Å². The Morgan fingerprint density at radius 1 is 1.20 bits per heavy atom. The van der Waals surface area contributed by atoms with Crippen molar-refractivity contribution in [2.45, 2.75) is 0 Å². The lowest BCUT2D eigenvalue weighted by Crippen LogP contribution is -2.12. The van der Waals surface area contributed by atoms with Gasteiger partial charge in [-0.2, -0.15) is 10.5 Å². The second-order valence-electron chi connectivity index (χ2n) is 3.38. The quantitative estimate of drug-likeness (QED) is 0.763. The summed E-state index contributed by atoms with van der Waals surface area (Å²) in [6.07, 6.45) is 0. The summed E-state index contributed by atoms with van der Waals surface area (Å²) in [6.45, 7) is 0. The number of rotatable bonds is 2. The number of para-hydroxylation sites is 1. The molecule has 0 bridgehead atoms. The largest absolute Gasteiger partial charge is 0.362 e. The van der Waals surface area contributed by atoms with Gasteiger partial charge in [-0.15, -0.1) is 4.48 Å². The average molecular weight is 206 g/mol. The smallest absolute Gasteiger partial charge is 0.253 e. The highest BCUT2D eigenvalue weighted by atomic mass is 19.2. The minimum atomic E-state index is -0.0163. The molecule has 0 unspecified atom stereocenters. The second kappa shape index (κ2) is 3.68. The molecule has 2 aromatic rings. The molecule has 1 heterocycles. The molecule has 0 saturated carbocycles. The number of nitrogens with one attached hydrogen (secondary N) is 1. The van der Waals surface area contributed by atoms with Gasteiger partial charge in [0.2, 0.25) is 0 Å². The minimum absolute atomic E-state index is 0.0163. The van der Waals surface area contributed by atoms with Gasteiger partial charge in [-0.3, -0.25) is 0 Å². The molecule has 1 aromatic heterocycles. The van der Waals surface area contributed by atoms with E-state index in [4.69, 9.17) is 0 Å². The maximum Gasteiger partial charge on any atom is 0.253 e. The van der Waals surface area contributed by atoms with Crippen LogP contribution in [0.5, 0.6) is 0 Å². The second-order valence-corrected chi connectivity index (χ2v) is 3.38. The van der Waals surface area contributed by atoms with E-state index in [1.54, 1.807) is 0 Å². The van der Waals surface area contributed by atoms with Crippen LogP contribution in [0.1, 0.15) is 0 Å². The number of hydrogen-bond acceptors (Lipinski definition) is 4. The van der Waals surface area contributed by atoms with Crippen molar-refractivity contribution in [3.8, 4) is 0 Å². The van der Waals surface area contributed by atoms with Crippen LogP contribution in [-0.2, 0) is 0 Å². The summed E-state index contributed by atoms with van der Waals surface area (Å²) in [5.41, 5.74) is 2.18. The standard InChI is InChI=1S/C10H11FN4/c1-15(2)9-7-5-3-4-6-8(7)12-10(13-9)14-11/h3-6H,1-2H3,(H,12,13,14). The third-order valence-corrected chi connectivity index (χ3v) is 2.09. The van der Waals surface area contributed by atoms with Crippen LogP contribution in [0.3, 0.4) is 0 Å². The summed E-state index contributed by atoms with van der Waals surface area (Å²) in [4.78, 5) is 9.88. The lowest BCUT2D eigenvalue weighted by Gasteiger charge is -2.14. The molecule has 1 N–H and O–H groups in total. The average Bonchev–Trinajstić information content (AvgIpc) is 2.27. The molecule has 4 nitrogen and oxygen atoms in total. The van der Waals surface area contributed by atoms with Gasteiger partial charge in [0.25, 0.3) is 5.95 Å². The Morgan fingerprint density at radius 2 is 1.93 bits per heavy atom. The molecule has 0 radical (unpaired) electrons. The van der Waals surface area contributed by atoms with Crippen LogP contribution in [0.25, 0.3) is 10.9 Å². The van der Waals surface area contributed by atoms with E-state index in [0.717, 1.165) is 10.9 Å². The molecular formula is C10H11FN4. The molecule has 0 aliphatic heterocycles. The van der Waals surface area contributed by atoms with Crippen LogP contribution in [0.4, 0.5) is 16.2 Å². The first-order chi connectivity index (χ1) is 7.22. The number of anilines is 2. The maximum absolute atomic E-state index is 12.3. The predicted octanol–water partition coefficient (Wildman–Crippen LogP) is 1.99. The van der Waals surface area contributed by atoms with E-state index >= 15 is 0 Å². The van der Waals surface area contributed by atoms with E-state index in [1.807, 2.05) is 43.3 Å². The summed E-state index contributed by atoms with van der Waals surface area (Å²) in [7, 11) is 3.72. The van der Waals surface area contributed by atoms with E-state index in [-0.39, 0.29) is 5.95 Å². The lowest BCUT2D eigenvalue weighted by molar-refractivity contribution is 0.606. The van der Waals surface area contributed by atoms with E-state index in [2.05, 4.69) is 9.97 Å². The van der Waals surface area contributed by atoms with Crippen LogP contribution in [0.15, 0.2) is 24.3 Å². The van der Waals surface area contributed by atoms with Crippen molar-refractivity contribution < 1.29 is 4.48 Å². The summed E-state index contributed by atoms with van der Waals surface area (Å²) in [6, 6.07) is 7.50. The first-order valence-electron chi connectivity index (χ1n) is 4.53. The van der Waals surface area contributed by atoms with Gasteiger partial charge in [0.15, 0.2) is 0 Å². The van der Waals surface area contributed by atoms with Crippen molar-refractivity contribution in [1.82, 2.24) is 9.97 Å². The number of hydrogen-bond donors (Lipinski definition) is 1. The van der Waals surface area contributed by atoms with Crippen LogP contribution in [-0.4, -0.2) is 24.1 Å². The van der Waals surface area contributed by atoms with E-state index in [9.17, 15) is 4.48 Å². The van der Waals surface area contributed by atoms with E-state index in [0.29, 0.717) is 5.82 Å². The van der Waals surface area contributed by atoms with E-state index < -0.39 is 0 Å². The SMILES string of the molecule is CN(C)c1nc(NF)nc2ccccc12. The van der Waals surface area contributed by atoms with Gasteiger partial charge in [0.1, 0.15) is 5.82 Å². The highest BCUT2D eigenvalue weighted by Gasteiger charge is 2.08.